The van der Waals surface area contributed by atoms with Crippen molar-refractivity contribution in [3.8, 4) is 17.2 Å². The maximum atomic E-state index is 13.0. The summed E-state index contributed by atoms with van der Waals surface area (Å²) >= 11 is 0. The van der Waals surface area contributed by atoms with Crippen LogP contribution in [0, 0.1) is 0 Å². The van der Waals surface area contributed by atoms with Gasteiger partial charge in [0.1, 0.15) is 10.6 Å². The Labute approximate surface area is 202 Å². The van der Waals surface area contributed by atoms with Crippen LogP contribution in [0.3, 0.4) is 0 Å². The molecule has 0 spiro atoms. The molecule has 1 aliphatic carbocycles. The molecule has 0 bridgehead atoms. The van der Waals surface area contributed by atoms with Gasteiger partial charge in [0, 0.05) is 11.6 Å². The predicted molar refractivity (Wildman–Crippen MR) is 130 cm³/mol. The Morgan fingerprint density at radius 2 is 1.65 bits per heavy atom. The Balaban J connectivity index is 1.80. The van der Waals surface area contributed by atoms with Gasteiger partial charge >= 0.3 is 0 Å². The third kappa shape index (κ3) is 6.21. The highest BCUT2D eigenvalue weighted by Gasteiger charge is 2.27. The summed E-state index contributed by atoms with van der Waals surface area (Å²) < 4.78 is 45.3. The molecule has 2 aromatic rings. The summed E-state index contributed by atoms with van der Waals surface area (Å²) in [6.07, 6.45) is 3.62. The molecule has 1 amide bonds. The van der Waals surface area contributed by atoms with Crippen LogP contribution in [0.15, 0.2) is 41.3 Å². The molecule has 0 aliphatic heterocycles. The third-order valence-corrected chi connectivity index (χ3v) is 7.35. The first kappa shape index (κ1) is 25.8. The van der Waals surface area contributed by atoms with Gasteiger partial charge in [-0.05, 0) is 69.5 Å². The molecular formula is C25H34N2O6S. The van der Waals surface area contributed by atoms with Crippen molar-refractivity contribution in [1.29, 1.82) is 0 Å². The summed E-state index contributed by atoms with van der Waals surface area (Å²) in [5.41, 5.74) is 1.07. The summed E-state index contributed by atoms with van der Waals surface area (Å²) in [6.45, 7) is 6.65. The molecular weight excluding hydrogens is 456 g/mol. The van der Waals surface area contributed by atoms with Crippen molar-refractivity contribution in [3.63, 3.8) is 0 Å². The molecule has 0 radical (unpaired) electrons. The van der Waals surface area contributed by atoms with E-state index in [1.165, 1.54) is 19.2 Å². The number of amides is 1. The Bertz CT molecular complexity index is 1100. The highest BCUT2D eigenvalue weighted by Crippen LogP contribution is 2.31. The van der Waals surface area contributed by atoms with Crippen LogP contribution in [0.4, 0.5) is 0 Å². The van der Waals surface area contributed by atoms with Gasteiger partial charge in [0.15, 0.2) is 11.5 Å². The zero-order valence-electron chi connectivity index (χ0n) is 20.2. The first-order chi connectivity index (χ1) is 16.3. The van der Waals surface area contributed by atoms with Crippen molar-refractivity contribution < 1.29 is 27.4 Å². The second-order valence-corrected chi connectivity index (χ2v) is 9.92. The van der Waals surface area contributed by atoms with E-state index >= 15 is 0 Å². The number of sulfonamides is 1. The van der Waals surface area contributed by atoms with E-state index in [2.05, 4.69) is 10.0 Å². The van der Waals surface area contributed by atoms with Crippen molar-refractivity contribution in [2.75, 3.05) is 20.3 Å². The van der Waals surface area contributed by atoms with E-state index in [0.29, 0.717) is 24.7 Å². The lowest BCUT2D eigenvalue weighted by Crippen LogP contribution is -2.33. The van der Waals surface area contributed by atoms with E-state index in [-0.39, 0.29) is 34.2 Å². The molecule has 2 N–H and O–H groups in total. The molecule has 2 aromatic carbocycles. The monoisotopic (exact) mass is 490 g/mol. The Hall–Kier alpha value is -2.78. The number of methoxy groups -OCH3 is 1. The van der Waals surface area contributed by atoms with Crippen molar-refractivity contribution in [3.05, 3.63) is 47.5 Å². The number of benzene rings is 2. The van der Waals surface area contributed by atoms with Gasteiger partial charge < -0.3 is 19.5 Å². The lowest BCUT2D eigenvalue weighted by atomic mass is 10.1. The molecule has 1 saturated carbocycles. The number of nitrogens with one attached hydrogen (secondary N) is 2. The molecule has 0 heterocycles. The molecule has 1 atom stereocenters. The number of hydrogen-bond acceptors (Lipinski definition) is 6. The van der Waals surface area contributed by atoms with E-state index in [1.54, 1.807) is 6.07 Å². The summed E-state index contributed by atoms with van der Waals surface area (Å²) in [6, 6.07) is 9.52. The van der Waals surface area contributed by atoms with Gasteiger partial charge in [0.2, 0.25) is 10.0 Å². The topological polar surface area (TPSA) is 103 Å². The van der Waals surface area contributed by atoms with Gasteiger partial charge in [-0.15, -0.1) is 0 Å². The minimum atomic E-state index is -3.83. The van der Waals surface area contributed by atoms with E-state index in [1.807, 2.05) is 39.0 Å². The van der Waals surface area contributed by atoms with Gasteiger partial charge in [-0.25, -0.2) is 13.1 Å². The molecule has 0 aromatic heterocycles. The number of ether oxygens (including phenoxy) is 3. The smallest absolute Gasteiger partial charge is 0.251 e. The highest BCUT2D eigenvalue weighted by atomic mass is 32.2. The molecule has 34 heavy (non-hydrogen) atoms. The van der Waals surface area contributed by atoms with Gasteiger partial charge in [-0.1, -0.05) is 18.9 Å². The summed E-state index contributed by atoms with van der Waals surface area (Å²) in [4.78, 5) is 13.0. The zero-order valence-corrected chi connectivity index (χ0v) is 21.0. The molecule has 186 valence electrons. The summed E-state index contributed by atoms with van der Waals surface area (Å²) in [5.74, 6) is 1.06. The number of carbonyl (C=O) groups excluding carboxylic acids is 1. The van der Waals surface area contributed by atoms with Crippen LogP contribution in [0.1, 0.15) is 68.4 Å². The normalized spacial score (nSPS) is 15.1. The standard InChI is InChI=1S/C25H34N2O6S/c1-5-32-21-13-11-18(15-23(21)33-6-2)17(3)26-25(28)19-12-14-22(31-4)24(16-19)34(29,30)27-20-9-7-8-10-20/h11-17,20,27H,5-10H2,1-4H3,(H,26,28). The van der Waals surface area contributed by atoms with Crippen molar-refractivity contribution in [1.82, 2.24) is 10.0 Å². The average Bonchev–Trinajstić information content (AvgIpc) is 3.32. The van der Waals surface area contributed by atoms with Crippen LogP contribution in [0.25, 0.3) is 0 Å². The maximum Gasteiger partial charge on any atom is 0.251 e. The van der Waals surface area contributed by atoms with Gasteiger partial charge in [0.25, 0.3) is 5.91 Å². The molecule has 1 fully saturated rings. The van der Waals surface area contributed by atoms with Gasteiger partial charge in [-0.2, -0.15) is 0 Å². The minimum Gasteiger partial charge on any atom is -0.495 e. The van der Waals surface area contributed by atoms with Gasteiger partial charge in [0.05, 0.1) is 26.4 Å². The zero-order chi connectivity index (χ0) is 24.7. The number of rotatable bonds is 11. The Morgan fingerprint density at radius 3 is 2.29 bits per heavy atom. The molecule has 3 rings (SSSR count). The fourth-order valence-electron chi connectivity index (χ4n) is 4.05. The molecule has 8 nitrogen and oxygen atoms in total. The molecule has 9 heteroatoms. The lowest BCUT2D eigenvalue weighted by molar-refractivity contribution is 0.0939. The second kappa shape index (κ2) is 11.6. The summed E-state index contributed by atoms with van der Waals surface area (Å²) in [7, 11) is -2.42. The largest absolute Gasteiger partial charge is 0.495 e. The minimum absolute atomic E-state index is 0.0399. The Kier molecular flexibility index (Phi) is 8.79. The Morgan fingerprint density at radius 1 is 1.00 bits per heavy atom. The number of hydrogen-bond donors (Lipinski definition) is 2. The fraction of sp³-hybridized carbons (Fsp3) is 0.480. The first-order valence-corrected chi connectivity index (χ1v) is 13.2. The second-order valence-electron chi connectivity index (χ2n) is 8.24. The third-order valence-electron chi connectivity index (χ3n) is 5.81. The quantitative estimate of drug-likeness (QED) is 0.489. The summed E-state index contributed by atoms with van der Waals surface area (Å²) in [5, 5.41) is 2.93. The van der Waals surface area contributed by atoms with Crippen LogP contribution in [-0.4, -0.2) is 40.7 Å². The fourth-order valence-corrected chi connectivity index (χ4v) is 5.55. The van der Waals surface area contributed by atoms with Crippen molar-refractivity contribution in [2.24, 2.45) is 0 Å². The first-order valence-electron chi connectivity index (χ1n) is 11.7. The average molecular weight is 491 g/mol. The van der Waals surface area contributed by atoms with E-state index in [4.69, 9.17) is 14.2 Å². The van der Waals surface area contributed by atoms with Crippen LogP contribution < -0.4 is 24.2 Å². The van der Waals surface area contributed by atoms with Crippen molar-refractivity contribution >= 4 is 15.9 Å². The number of carbonyl (C=O) groups is 1. The van der Waals surface area contributed by atoms with E-state index in [0.717, 1.165) is 31.2 Å². The lowest BCUT2D eigenvalue weighted by Gasteiger charge is -2.18. The van der Waals surface area contributed by atoms with Crippen LogP contribution in [0.2, 0.25) is 0 Å². The van der Waals surface area contributed by atoms with E-state index < -0.39 is 10.0 Å². The maximum absolute atomic E-state index is 13.0. The van der Waals surface area contributed by atoms with E-state index in [9.17, 15) is 13.2 Å². The van der Waals surface area contributed by atoms with Crippen LogP contribution >= 0.6 is 0 Å². The molecule has 0 saturated heterocycles. The van der Waals surface area contributed by atoms with Crippen LogP contribution in [-0.2, 0) is 10.0 Å². The highest BCUT2D eigenvalue weighted by molar-refractivity contribution is 7.89. The SMILES string of the molecule is CCOc1ccc(C(C)NC(=O)c2ccc(OC)c(S(=O)(=O)NC3CCCC3)c2)cc1OCC. The predicted octanol–water partition coefficient (Wildman–Crippen LogP) is 4.20. The van der Waals surface area contributed by atoms with Gasteiger partial charge in [-0.3, -0.25) is 4.79 Å². The van der Waals surface area contributed by atoms with Crippen LogP contribution in [0.5, 0.6) is 17.2 Å². The molecule has 1 unspecified atom stereocenters. The molecule has 1 aliphatic rings. The van der Waals surface area contributed by atoms with Crippen molar-refractivity contribution in [2.45, 2.75) is 63.4 Å².